The maximum Gasteiger partial charge on any atom is 0.194 e. The van der Waals surface area contributed by atoms with Crippen LogP contribution in [0.1, 0.15) is 25.8 Å². The standard InChI is InChI=1S/C22H36FN5O/c1-4-24-22(28-9-8-19(16-28)17-29-3)25-15-18-6-7-21(20(23)14-18)27-12-10-26(5-2)11-13-27/h6-7,14,19H,4-5,8-13,15-17H2,1-3H3,(H,24,25). The number of nitrogens with zero attached hydrogens (tertiary/aromatic N) is 4. The summed E-state index contributed by atoms with van der Waals surface area (Å²) in [6.07, 6.45) is 1.12. The largest absolute Gasteiger partial charge is 0.384 e. The van der Waals surface area contributed by atoms with Crippen LogP contribution in [0.4, 0.5) is 10.1 Å². The molecule has 1 N–H and O–H groups in total. The Hall–Kier alpha value is -1.86. The van der Waals surface area contributed by atoms with Crippen molar-refractivity contribution in [3.8, 4) is 0 Å². The van der Waals surface area contributed by atoms with Gasteiger partial charge in [-0.05, 0) is 37.6 Å². The van der Waals surface area contributed by atoms with Crippen LogP contribution in [0.5, 0.6) is 0 Å². The van der Waals surface area contributed by atoms with Gasteiger partial charge in [0, 0.05) is 58.8 Å². The van der Waals surface area contributed by atoms with Crippen LogP contribution in [-0.4, -0.2) is 81.8 Å². The summed E-state index contributed by atoms with van der Waals surface area (Å²) >= 11 is 0. The molecule has 3 rings (SSSR count). The van der Waals surface area contributed by atoms with Crippen molar-refractivity contribution in [1.82, 2.24) is 15.1 Å². The molecule has 2 aliphatic heterocycles. The quantitative estimate of drug-likeness (QED) is 0.557. The molecule has 2 heterocycles. The lowest BCUT2D eigenvalue weighted by Gasteiger charge is -2.35. The second kappa shape index (κ2) is 10.8. The number of hydrogen-bond acceptors (Lipinski definition) is 4. The Morgan fingerprint density at radius 3 is 2.66 bits per heavy atom. The van der Waals surface area contributed by atoms with Gasteiger partial charge in [-0.25, -0.2) is 9.38 Å². The minimum atomic E-state index is -0.144. The summed E-state index contributed by atoms with van der Waals surface area (Å²) < 4.78 is 20.1. The molecule has 0 amide bonds. The Morgan fingerprint density at radius 1 is 1.21 bits per heavy atom. The van der Waals surface area contributed by atoms with Gasteiger partial charge in [0.1, 0.15) is 5.82 Å². The number of hydrogen-bond donors (Lipinski definition) is 1. The van der Waals surface area contributed by atoms with E-state index in [0.717, 1.165) is 76.9 Å². The van der Waals surface area contributed by atoms with Crippen molar-refractivity contribution in [2.75, 3.05) is 71.0 Å². The predicted molar refractivity (Wildman–Crippen MR) is 117 cm³/mol. The number of rotatable bonds is 7. The zero-order chi connectivity index (χ0) is 20.6. The second-order valence-corrected chi connectivity index (χ2v) is 7.93. The van der Waals surface area contributed by atoms with E-state index in [4.69, 9.17) is 9.73 Å². The topological polar surface area (TPSA) is 43.3 Å². The third kappa shape index (κ3) is 5.82. The van der Waals surface area contributed by atoms with Crippen molar-refractivity contribution in [3.63, 3.8) is 0 Å². The number of likely N-dealkylation sites (tertiary alicyclic amines) is 1. The van der Waals surface area contributed by atoms with E-state index in [1.54, 1.807) is 13.2 Å². The zero-order valence-corrected chi connectivity index (χ0v) is 18.2. The number of nitrogens with one attached hydrogen (secondary N) is 1. The van der Waals surface area contributed by atoms with Gasteiger partial charge in [-0.3, -0.25) is 0 Å². The molecule has 1 atom stereocenters. The Kier molecular flexibility index (Phi) is 8.12. The van der Waals surface area contributed by atoms with Crippen LogP contribution in [-0.2, 0) is 11.3 Å². The lowest BCUT2D eigenvalue weighted by atomic mass is 10.1. The summed E-state index contributed by atoms with van der Waals surface area (Å²) in [6, 6.07) is 5.57. The first kappa shape index (κ1) is 21.8. The Balaban J connectivity index is 1.62. The number of halogens is 1. The first-order valence-electron chi connectivity index (χ1n) is 10.9. The highest BCUT2D eigenvalue weighted by Crippen LogP contribution is 2.23. The molecule has 1 aromatic carbocycles. The smallest absolute Gasteiger partial charge is 0.194 e. The maximum absolute atomic E-state index is 14.8. The zero-order valence-electron chi connectivity index (χ0n) is 18.2. The van der Waals surface area contributed by atoms with E-state index in [1.165, 1.54) is 0 Å². The maximum atomic E-state index is 14.8. The fraction of sp³-hybridized carbons (Fsp3) is 0.682. The van der Waals surface area contributed by atoms with Gasteiger partial charge in [0.05, 0.1) is 18.8 Å². The SMILES string of the molecule is CCNC(=NCc1ccc(N2CCN(CC)CC2)c(F)c1)N1CCC(COC)C1. The molecule has 162 valence electrons. The lowest BCUT2D eigenvalue weighted by Crippen LogP contribution is -2.46. The minimum absolute atomic E-state index is 0.144. The third-order valence-corrected chi connectivity index (χ3v) is 5.91. The Labute approximate surface area is 174 Å². The van der Waals surface area contributed by atoms with E-state index >= 15 is 0 Å². The molecule has 2 fully saturated rings. The highest BCUT2D eigenvalue weighted by Gasteiger charge is 2.24. The molecule has 0 saturated carbocycles. The molecule has 0 spiro atoms. The summed E-state index contributed by atoms with van der Waals surface area (Å²) in [5.74, 6) is 1.31. The molecular weight excluding hydrogens is 369 g/mol. The normalized spacial score (nSPS) is 21.1. The van der Waals surface area contributed by atoms with E-state index in [-0.39, 0.29) is 5.82 Å². The average Bonchev–Trinajstić information content (AvgIpc) is 3.20. The van der Waals surface area contributed by atoms with E-state index in [1.807, 2.05) is 12.1 Å². The molecule has 0 radical (unpaired) electrons. The first-order chi connectivity index (χ1) is 14.1. The molecule has 1 aromatic rings. The molecule has 2 saturated heterocycles. The van der Waals surface area contributed by atoms with Gasteiger partial charge >= 0.3 is 0 Å². The molecule has 2 aliphatic rings. The molecule has 6 nitrogen and oxygen atoms in total. The Bertz CT molecular complexity index is 675. The van der Waals surface area contributed by atoms with Gasteiger partial charge < -0.3 is 24.8 Å². The van der Waals surface area contributed by atoms with Gasteiger partial charge in [-0.1, -0.05) is 13.0 Å². The van der Waals surface area contributed by atoms with Crippen LogP contribution in [0.2, 0.25) is 0 Å². The monoisotopic (exact) mass is 405 g/mol. The van der Waals surface area contributed by atoms with Gasteiger partial charge in [-0.15, -0.1) is 0 Å². The molecule has 0 aliphatic carbocycles. The molecule has 7 heteroatoms. The Morgan fingerprint density at radius 2 is 2.00 bits per heavy atom. The lowest BCUT2D eigenvalue weighted by molar-refractivity contribution is 0.157. The number of guanidine groups is 1. The molecule has 0 bridgehead atoms. The highest BCUT2D eigenvalue weighted by atomic mass is 19.1. The number of benzene rings is 1. The minimum Gasteiger partial charge on any atom is -0.384 e. The van der Waals surface area contributed by atoms with Crippen LogP contribution >= 0.6 is 0 Å². The summed E-state index contributed by atoms with van der Waals surface area (Å²) in [5, 5.41) is 3.37. The highest BCUT2D eigenvalue weighted by molar-refractivity contribution is 5.80. The van der Waals surface area contributed by atoms with Crippen molar-refractivity contribution >= 4 is 11.6 Å². The number of ether oxygens (including phenoxy) is 1. The molecule has 1 unspecified atom stereocenters. The van der Waals surface area contributed by atoms with Crippen LogP contribution < -0.4 is 10.2 Å². The fourth-order valence-corrected chi connectivity index (χ4v) is 4.20. The molecule has 29 heavy (non-hydrogen) atoms. The number of methoxy groups -OCH3 is 1. The molecule has 0 aromatic heterocycles. The molecular formula is C22H36FN5O. The van der Waals surface area contributed by atoms with Gasteiger partial charge in [-0.2, -0.15) is 0 Å². The van der Waals surface area contributed by atoms with Crippen LogP contribution in [0.3, 0.4) is 0 Å². The third-order valence-electron chi connectivity index (χ3n) is 5.91. The number of aliphatic imine (C=N–C) groups is 1. The number of likely N-dealkylation sites (N-methyl/N-ethyl adjacent to an activating group) is 1. The van der Waals surface area contributed by atoms with Gasteiger partial charge in [0.25, 0.3) is 0 Å². The van der Waals surface area contributed by atoms with Crippen LogP contribution in [0.15, 0.2) is 23.2 Å². The van der Waals surface area contributed by atoms with E-state index in [9.17, 15) is 4.39 Å². The predicted octanol–water partition coefficient (Wildman–Crippen LogP) is 2.40. The number of anilines is 1. The van der Waals surface area contributed by atoms with Crippen molar-refractivity contribution in [2.24, 2.45) is 10.9 Å². The van der Waals surface area contributed by atoms with E-state index in [2.05, 4.69) is 33.9 Å². The summed E-state index contributed by atoms with van der Waals surface area (Å²) in [5.41, 5.74) is 1.61. The summed E-state index contributed by atoms with van der Waals surface area (Å²) in [7, 11) is 1.75. The van der Waals surface area contributed by atoms with E-state index < -0.39 is 0 Å². The van der Waals surface area contributed by atoms with Crippen molar-refractivity contribution < 1.29 is 9.13 Å². The van der Waals surface area contributed by atoms with Crippen LogP contribution in [0, 0.1) is 11.7 Å². The van der Waals surface area contributed by atoms with Crippen LogP contribution in [0.25, 0.3) is 0 Å². The van der Waals surface area contributed by atoms with Gasteiger partial charge in [0.15, 0.2) is 5.96 Å². The fourth-order valence-electron chi connectivity index (χ4n) is 4.20. The van der Waals surface area contributed by atoms with Crippen molar-refractivity contribution in [2.45, 2.75) is 26.8 Å². The van der Waals surface area contributed by atoms with Crippen molar-refractivity contribution in [3.05, 3.63) is 29.6 Å². The van der Waals surface area contributed by atoms with E-state index in [0.29, 0.717) is 18.2 Å². The first-order valence-corrected chi connectivity index (χ1v) is 10.9. The summed E-state index contributed by atoms with van der Waals surface area (Å²) in [4.78, 5) is 11.6. The summed E-state index contributed by atoms with van der Waals surface area (Å²) in [6.45, 7) is 13.1. The second-order valence-electron chi connectivity index (χ2n) is 7.93. The number of piperazine rings is 1. The van der Waals surface area contributed by atoms with Crippen molar-refractivity contribution in [1.29, 1.82) is 0 Å². The average molecular weight is 406 g/mol. The van der Waals surface area contributed by atoms with Gasteiger partial charge in [0.2, 0.25) is 0 Å².